The van der Waals surface area contributed by atoms with Crippen LogP contribution in [0.2, 0.25) is 0 Å². The maximum atomic E-state index is 2.35. The summed E-state index contributed by atoms with van der Waals surface area (Å²) in [6.07, 6.45) is 33.8. The Hall–Kier alpha value is 0. The molecule has 0 saturated carbocycles. The summed E-state index contributed by atoms with van der Waals surface area (Å²) in [5.41, 5.74) is 0. The topological polar surface area (TPSA) is 0 Å². The Morgan fingerprint density at radius 2 is 0.556 bits per heavy atom. The molecule has 0 saturated heterocycles. The lowest BCUT2D eigenvalue weighted by atomic mass is 9.90. The van der Waals surface area contributed by atoms with Gasteiger partial charge >= 0.3 is 0 Å². The minimum absolute atomic E-state index is 1.04. The van der Waals surface area contributed by atoms with Gasteiger partial charge < -0.3 is 0 Å². The summed E-state index contributed by atoms with van der Waals surface area (Å²) in [4.78, 5) is 0. The molecule has 164 valence electrons. The molecule has 0 radical (unpaired) electrons. The van der Waals surface area contributed by atoms with E-state index >= 15 is 0 Å². The van der Waals surface area contributed by atoms with Crippen LogP contribution < -0.4 is 0 Å². The van der Waals surface area contributed by atoms with E-state index in [2.05, 4.69) is 20.8 Å². The fourth-order valence-corrected chi connectivity index (χ4v) is 4.41. The molecule has 0 fully saturated rings. The molecule has 0 aliphatic carbocycles. The second-order valence-electron chi connectivity index (χ2n) is 9.24. The predicted molar refractivity (Wildman–Crippen MR) is 127 cm³/mol. The van der Waals surface area contributed by atoms with Gasteiger partial charge in [0.15, 0.2) is 0 Å². The second kappa shape index (κ2) is 24.0. The first-order valence-electron chi connectivity index (χ1n) is 13.3. The first kappa shape index (κ1) is 27.0. The fraction of sp³-hybridized carbons (Fsp3) is 1.00. The molecule has 0 spiro atoms. The highest BCUT2D eigenvalue weighted by atomic mass is 14.1. The molecule has 0 heteroatoms. The lowest BCUT2D eigenvalue weighted by molar-refractivity contribution is 0.371. The lowest BCUT2D eigenvalue weighted by Gasteiger charge is -2.16. The monoisotopic (exact) mass is 380 g/mol. The molecule has 0 aromatic carbocycles. The van der Waals surface area contributed by atoms with Gasteiger partial charge in [0.25, 0.3) is 0 Å². The molecule has 0 amide bonds. The van der Waals surface area contributed by atoms with Gasteiger partial charge in [-0.15, -0.1) is 0 Å². The predicted octanol–water partition coefficient (Wildman–Crippen LogP) is 10.6. The SMILES string of the molecule is CCCCCCCCCCCCCCCCC(CCCC)CCCCCC. The molecule has 1 atom stereocenters. The van der Waals surface area contributed by atoms with Crippen molar-refractivity contribution in [3.8, 4) is 0 Å². The summed E-state index contributed by atoms with van der Waals surface area (Å²) in [7, 11) is 0. The first-order valence-corrected chi connectivity index (χ1v) is 13.3. The van der Waals surface area contributed by atoms with Crippen molar-refractivity contribution in [3.63, 3.8) is 0 Å². The van der Waals surface area contributed by atoms with E-state index in [1.807, 2.05) is 0 Å². The number of rotatable bonds is 23. The highest BCUT2D eigenvalue weighted by Gasteiger charge is 2.08. The number of hydrogen-bond acceptors (Lipinski definition) is 0. The molecule has 0 heterocycles. The molecule has 0 aromatic rings. The van der Waals surface area contributed by atoms with Crippen molar-refractivity contribution in [3.05, 3.63) is 0 Å². The maximum absolute atomic E-state index is 2.35. The van der Waals surface area contributed by atoms with Crippen LogP contribution in [-0.4, -0.2) is 0 Å². The van der Waals surface area contributed by atoms with Gasteiger partial charge in [0.05, 0.1) is 0 Å². The third-order valence-electron chi connectivity index (χ3n) is 6.40. The average molecular weight is 381 g/mol. The number of hydrogen-bond donors (Lipinski definition) is 0. The Morgan fingerprint density at radius 1 is 0.296 bits per heavy atom. The van der Waals surface area contributed by atoms with Crippen LogP contribution in [0, 0.1) is 5.92 Å². The van der Waals surface area contributed by atoms with Crippen molar-refractivity contribution in [2.45, 2.75) is 168 Å². The van der Waals surface area contributed by atoms with Crippen LogP contribution in [0.15, 0.2) is 0 Å². The molecule has 0 aliphatic heterocycles. The van der Waals surface area contributed by atoms with Crippen molar-refractivity contribution in [2.75, 3.05) is 0 Å². The van der Waals surface area contributed by atoms with E-state index in [4.69, 9.17) is 0 Å². The fourth-order valence-electron chi connectivity index (χ4n) is 4.41. The molecular formula is C27H56. The van der Waals surface area contributed by atoms with E-state index in [0.29, 0.717) is 0 Å². The minimum atomic E-state index is 1.04. The molecule has 0 aliphatic rings. The smallest absolute Gasteiger partial charge is 0.0414 e. The van der Waals surface area contributed by atoms with E-state index in [1.54, 1.807) is 0 Å². The zero-order chi connectivity index (χ0) is 19.8. The molecule has 0 rings (SSSR count). The van der Waals surface area contributed by atoms with Gasteiger partial charge in [0.2, 0.25) is 0 Å². The summed E-state index contributed by atoms with van der Waals surface area (Å²) in [5.74, 6) is 1.04. The van der Waals surface area contributed by atoms with E-state index in [1.165, 1.54) is 148 Å². The molecule has 0 N–H and O–H groups in total. The van der Waals surface area contributed by atoms with Crippen LogP contribution in [0.5, 0.6) is 0 Å². The Morgan fingerprint density at radius 3 is 0.926 bits per heavy atom. The summed E-state index contributed by atoms with van der Waals surface area (Å²) in [6, 6.07) is 0. The van der Waals surface area contributed by atoms with Crippen molar-refractivity contribution in [1.29, 1.82) is 0 Å². The highest BCUT2D eigenvalue weighted by molar-refractivity contribution is 4.61. The molecule has 27 heavy (non-hydrogen) atoms. The Kier molecular flexibility index (Phi) is 24.0. The van der Waals surface area contributed by atoms with Crippen molar-refractivity contribution in [2.24, 2.45) is 5.92 Å². The molecule has 0 aromatic heterocycles. The molecule has 0 bridgehead atoms. The summed E-state index contributed by atoms with van der Waals surface area (Å²) < 4.78 is 0. The quantitative estimate of drug-likeness (QED) is 0.155. The first-order chi connectivity index (χ1) is 13.3. The van der Waals surface area contributed by atoms with Gasteiger partial charge in [-0.25, -0.2) is 0 Å². The summed E-state index contributed by atoms with van der Waals surface area (Å²) in [5, 5.41) is 0. The zero-order valence-corrected chi connectivity index (χ0v) is 19.8. The van der Waals surface area contributed by atoms with Gasteiger partial charge in [-0.2, -0.15) is 0 Å². The minimum Gasteiger partial charge on any atom is -0.0654 e. The Labute approximate surface area is 174 Å². The van der Waals surface area contributed by atoms with E-state index in [0.717, 1.165) is 5.92 Å². The third kappa shape index (κ3) is 22.2. The molecule has 0 nitrogen and oxygen atoms in total. The summed E-state index contributed by atoms with van der Waals surface area (Å²) in [6.45, 7) is 6.98. The van der Waals surface area contributed by atoms with Crippen LogP contribution in [0.25, 0.3) is 0 Å². The average Bonchev–Trinajstić information content (AvgIpc) is 2.68. The standard InChI is InChI=1S/C27H56/c1-4-7-10-12-13-14-15-16-17-18-19-20-21-23-26-27(24-9-6-3)25-22-11-8-5-2/h27H,4-26H2,1-3H3. The lowest BCUT2D eigenvalue weighted by Crippen LogP contribution is -2.01. The number of unbranched alkanes of at least 4 members (excludes halogenated alkanes) is 17. The van der Waals surface area contributed by atoms with Crippen molar-refractivity contribution in [1.82, 2.24) is 0 Å². The largest absolute Gasteiger partial charge is 0.0654 e. The van der Waals surface area contributed by atoms with Crippen LogP contribution in [-0.2, 0) is 0 Å². The van der Waals surface area contributed by atoms with Gasteiger partial charge in [-0.3, -0.25) is 0 Å². The zero-order valence-electron chi connectivity index (χ0n) is 19.8. The van der Waals surface area contributed by atoms with Crippen molar-refractivity contribution >= 4 is 0 Å². The van der Waals surface area contributed by atoms with Crippen molar-refractivity contribution < 1.29 is 0 Å². The summed E-state index contributed by atoms with van der Waals surface area (Å²) >= 11 is 0. The van der Waals surface area contributed by atoms with E-state index in [-0.39, 0.29) is 0 Å². The molecule has 1 unspecified atom stereocenters. The normalized spacial score (nSPS) is 12.6. The van der Waals surface area contributed by atoms with Gasteiger partial charge in [0.1, 0.15) is 0 Å². The Balaban J connectivity index is 3.37. The van der Waals surface area contributed by atoms with E-state index in [9.17, 15) is 0 Å². The van der Waals surface area contributed by atoms with Gasteiger partial charge in [0, 0.05) is 0 Å². The maximum Gasteiger partial charge on any atom is -0.0414 e. The van der Waals surface area contributed by atoms with Crippen LogP contribution >= 0.6 is 0 Å². The van der Waals surface area contributed by atoms with Gasteiger partial charge in [-0.05, 0) is 5.92 Å². The Bertz CT molecular complexity index is 244. The third-order valence-corrected chi connectivity index (χ3v) is 6.40. The van der Waals surface area contributed by atoms with Gasteiger partial charge in [-0.1, -0.05) is 168 Å². The molecular weight excluding hydrogens is 324 g/mol. The highest BCUT2D eigenvalue weighted by Crippen LogP contribution is 2.23. The van der Waals surface area contributed by atoms with Crippen LogP contribution in [0.3, 0.4) is 0 Å². The van der Waals surface area contributed by atoms with Crippen LogP contribution in [0.1, 0.15) is 168 Å². The second-order valence-corrected chi connectivity index (χ2v) is 9.24. The van der Waals surface area contributed by atoms with Crippen LogP contribution in [0.4, 0.5) is 0 Å². The van der Waals surface area contributed by atoms with E-state index < -0.39 is 0 Å².